The first-order valence-electron chi connectivity index (χ1n) is 10.7. The molecule has 4 rings (SSSR count). The highest BCUT2D eigenvalue weighted by Gasteiger charge is 2.17. The van der Waals surface area contributed by atoms with Gasteiger partial charge in [0.25, 0.3) is 5.91 Å². The molecule has 1 aliphatic rings. The monoisotopic (exact) mass is 434 g/mol. The van der Waals surface area contributed by atoms with Gasteiger partial charge in [0.05, 0.1) is 0 Å². The fourth-order valence-electron chi connectivity index (χ4n) is 3.59. The van der Waals surface area contributed by atoms with Crippen LogP contribution in [0.25, 0.3) is 0 Å². The Bertz CT molecular complexity index is 1150. The number of hydrogen-bond donors (Lipinski definition) is 4. The maximum Gasteiger partial charge on any atom is 0.256 e. The number of amides is 1. The van der Waals surface area contributed by atoms with E-state index in [1.807, 2.05) is 19.9 Å². The highest BCUT2D eigenvalue weighted by Crippen LogP contribution is 2.25. The Hall–Kier alpha value is -3.52. The van der Waals surface area contributed by atoms with E-state index < -0.39 is 0 Å². The third-order valence-electron chi connectivity index (χ3n) is 5.22. The van der Waals surface area contributed by atoms with Gasteiger partial charge in [-0.25, -0.2) is 9.37 Å². The van der Waals surface area contributed by atoms with Gasteiger partial charge >= 0.3 is 0 Å². The summed E-state index contributed by atoms with van der Waals surface area (Å²) in [5.74, 6) is 0.121. The van der Waals surface area contributed by atoms with Crippen LogP contribution in [0, 0.1) is 12.7 Å². The van der Waals surface area contributed by atoms with Crippen LogP contribution in [0.15, 0.2) is 42.6 Å². The minimum Gasteiger partial charge on any atom is -0.350 e. The summed E-state index contributed by atoms with van der Waals surface area (Å²) >= 11 is 0. The molecule has 0 spiro atoms. The summed E-state index contributed by atoms with van der Waals surface area (Å²) < 4.78 is 13.7. The van der Waals surface area contributed by atoms with Gasteiger partial charge in [-0.3, -0.25) is 4.79 Å². The Balaban J connectivity index is 1.64. The zero-order chi connectivity index (χ0) is 22.7. The van der Waals surface area contributed by atoms with Gasteiger partial charge in [-0.2, -0.15) is 4.98 Å². The molecule has 1 aliphatic heterocycles. The highest BCUT2D eigenvalue weighted by molar-refractivity contribution is 5.99. The number of aryl methyl sites for hydroxylation is 1. The summed E-state index contributed by atoms with van der Waals surface area (Å²) in [4.78, 5) is 21.6. The molecule has 0 unspecified atom stereocenters. The normalized spacial score (nSPS) is 12.9. The number of halogens is 1. The zero-order valence-electron chi connectivity index (χ0n) is 18.4. The predicted octanol–water partition coefficient (Wildman–Crippen LogP) is 4.20. The number of aromatic nitrogens is 2. The first kappa shape index (κ1) is 21.7. The maximum atomic E-state index is 13.7. The lowest BCUT2D eigenvalue weighted by Crippen LogP contribution is -2.31. The molecule has 0 saturated heterocycles. The van der Waals surface area contributed by atoms with Crippen molar-refractivity contribution in [2.75, 3.05) is 17.2 Å². The Kier molecular flexibility index (Phi) is 6.32. The standard InChI is InChI=1S/C24H27FN6O/c1-14(2)28-23(32)20-13-27-24(30-19-5-4-16-8-9-26-12-17(16)11-19)31-22(20)29-18-6-7-21(25)15(3)10-18/h4-7,10-11,13-14,26H,8-9,12H2,1-3H3,(H,28,32)(H2,27,29,30,31). The topological polar surface area (TPSA) is 91.0 Å². The lowest BCUT2D eigenvalue weighted by atomic mass is 10.0. The summed E-state index contributed by atoms with van der Waals surface area (Å²) in [6.45, 7) is 7.27. The van der Waals surface area contributed by atoms with Crippen molar-refractivity contribution in [3.8, 4) is 0 Å². The van der Waals surface area contributed by atoms with Gasteiger partial charge in [0.1, 0.15) is 17.2 Å². The van der Waals surface area contributed by atoms with Crippen molar-refractivity contribution in [1.29, 1.82) is 0 Å². The highest BCUT2D eigenvalue weighted by atomic mass is 19.1. The van der Waals surface area contributed by atoms with Gasteiger partial charge in [-0.15, -0.1) is 0 Å². The third-order valence-corrected chi connectivity index (χ3v) is 5.22. The van der Waals surface area contributed by atoms with E-state index >= 15 is 0 Å². The van der Waals surface area contributed by atoms with Crippen LogP contribution in [-0.4, -0.2) is 28.5 Å². The van der Waals surface area contributed by atoms with Gasteiger partial charge < -0.3 is 21.3 Å². The molecule has 8 heteroatoms. The van der Waals surface area contributed by atoms with E-state index in [2.05, 4.69) is 43.4 Å². The van der Waals surface area contributed by atoms with E-state index in [0.717, 1.165) is 25.2 Å². The van der Waals surface area contributed by atoms with Crippen molar-refractivity contribution in [2.45, 2.75) is 39.8 Å². The summed E-state index contributed by atoms with van der Waals surface area (Å²) in [5.41, 5.74) is 4.89. The van der Waals surface area contributed by atoms with Crippen LogP contribution in [0.1, 0.15) is 40.9 Å². The SMILES string of the molecule is Cc1cc(Nc2nc(Nc3ccc4c(c3)CNCC4)ncc2C(=O)NC(C)C)ccc1F. The van der Waals surface area contributed by atoms with E-state index in [4.69, 9.17) is 0 Å². The van der Waals surface area contributed by atoms with Crippen LogP contribution in [0.5, 0.6) is 0 Å². The van der Waals surface area contributed by atoms with Crippen molar-refractivity contribution in [3.63, 3.8) is 0 Å². The zero-order valence-corrected chi connectivity index (χ0v) is 18.4. The maximum absolute atomic E-state index is 13.7. The summed E-state index contributed by atoms with van der Waals surface area (Å²) in [6.07, 6.45) is 2.50. The third kappa shape index (κ3) is 5.03. The number of fused-ring (bicyclic) bond motifs is 1. The fourth-order valence-corrected chi connectivity index (χ4v) is 3.59. The Morgan fingerprint density at radius 2 is 1.88 bits per heavy atom. The number of nitrogens with zero attached hydrogens (tertiary/aromatic N) is 2. The van der Waals surface area contributed by atoms with Crippen molar-refractivity contribution in [3.05, 3.63) is 70.7 Å². The fraction of sp³-hybridized carbons (Fsp3) is 0.292. The quantitative estimate of drug-likeness (QED) is 0.465. The van der Waals surface area contributed by atoms with Crippen LogP contribution in [0.4, 0.5) is 27.5 Å². The molecular formula is C24H27FN6O. The Morgan fingerprint density at radius 3 is 2.66 bits per heavy atom. The molecule has 166 valence electrons. The second kappa shape index (κ2) is 9.32. The van der Waals surface area contributed by atoms with Gasteiger partial charge in [-0.05, 0) is 80.8 Å². The smallest absolute Gasteiger partial charge is 0.256 e. The molecule has 1 aromatic heterocycles. The number of carbonyl (C=O) groups excluding carboxylic acids is 1. The predicted molar refractivity (Wildman–Crippen MR) is 124 cm³/mol. The van der Waals surface area contributed by atoms with Gasteiger partial charge in [0, 0.05) is 30.2 Å². The molecule has 4 N–H and O–H groups in total. The number of rotatable bonds is 6. The van der Waals surface area contributed by atoms with Crippen LogP contribution >= 0.6 is 0 Å². The van der Waals surface area contributed by atoms with E-state index in [-0.39, 0.29) is 17.8 Å². The number of anilines is 4. The molecular weight excluding hydrogens is 407 g/mol. The van der Waals surface area contributed by atoms with Crippen molar-refractivity contribution >= 4 is 29.0 Å². The van der Waals surface area contributed by atoms with Crippen molar-refractivity contribution in [1.82, 2.24) is 20.6 Å². The van der Waals surface area contributed by atoms with E-state index in [1.165, 1.54) is 23.4 Å². The molecule has 32 heavy (non-hydrogen) atoms. The molecule has 0 aliphatic carbocycles. The number of nitrogens with one attached hydrogen (secondary N) is 4. The summed E-state index contributed by atoms with van der Waals surface area (Å²) in [7, 11) is 0. The number of carbonyl (C=O) groups is 1. The van der Waals surface area contributed by atoms with Gasteiger partial charge in [0.15, 0.2) is 0 Å². The number of hydrogen-bond acceptors (Lipinski definition) is 6. The minimum atomic E-state index is -0.291. The molecule has 1 amide bonds. The number of benzene rings is 2. The lowest BCUT2D eigenvalue weighted by molar-refractivity contribution is 0.0943. The lowest BCUT2D eigenvalue weighted by Gasteiger charge is -2.18. The molecule has 2 heterocycles. The largest absolute Gasteiger partial charge is 0.350 e. The second-order valence-corrected chi connectivity index (χ2v) is 8.21. The molecule has 0 saturated carbocycles. The van der Waals surface area contributed by atoms with Crippen molar-refractivity contribution in [2.24, 2.45) is 0 Å². The Morgan fingerprint density at radius 1 is 1.09 bits per heavy atom. The van der Waals surface area contributed by atoms with Crippen molar-refractivity contribution < 1.29 is 9.18 Å². The minimum absolute atomic E-state index is 0.0367. The average Bonchev–Trinajstić information content (AvgIpc) is 2.76. The first-order valence-corrected chi connectivity index (χ1v) is 10.7. The molecule has 7 nitrogen and oxygen atoms in total. The van der Waals surface area contributed by atoms with Gasteiger partial charge in [-0.1, -0.05) is 6.07 Å². The van der Waals surface area contributed by atoms with E-state index in [1.54, 1.807) is 19.1 Å². The Labute approximate surface area is 186 Å². The van der Waals surface area contributed by atoms with Crippen LogP contribution < -0.4 is 21.3 Å². The van der Waals surface area contributed by atoms with E-state index in [9.17, 15) is 9.18 Å². The van der Waals surface area contributed by atoms with Crippen LogP contribution in [-0.2, 0) is 13.0 Å². The molecule has 0 fully saturated rings. The molecule has 0 atom stereocenters. The summed E-state index contributed by atoms with van der Waals surface area (Å²) in [5, 5.41) is 12.6. The first-order chi connectivity index (χ1) is 15.4. The van der Waals surface area contributed by atoms with Crippen LogP contribution in [0.2, 0.25) is 0 Å². The van der Waals surface area contributed by atoms with Crippen LogP contribution in [0.3, 0.4) is 0 Å². The second-order valence-electron chi connectivity index (χ2n) is 8.21. The molecule has 0 radical (unpaired) electrons. The van der Waals surface area contributed by atoms with E-state index in [0.29, 0.717) is 28.6 Å². The van der Waals surface area contributed by atoms with Gasteiger partial charge in [0.2, 0.25) is 5.95 Å². The molecule has 2 aromatic carbocycles. The average molecular weight is 435 g/mol. The molecule has 3 aromatic rings. The summed E-state index contributed by atoms with van der Waals surface area (Å²) in [6, 6.07) is 10.8. The molecule has 0 bridgehead atoms.